The summed E-state index contributed by atoms with van der Waals surface area (Å²) in [4.78, 5) is 12.4. The summed E-state index contributed by atoms with van der Waals surface area (Å²) in [6.07, 6.45) is 3.74. The Balaban J connectivity index is 1.70. The Morgan fingerprint density at radius 2 is 2.10 bits per heavy atom. The maximum atomic E-state index is 12.4. The van der Waals surface area contributed by atoms with Crippen molar-refractivity contribution >= 4 is 29.0 Å². The quantitative estimate of drug-likeness (QED) is 0.649. The molecule has 0 saturated heterocycles. The van der Waals surface area contributed by atoms with Crippen molar-refractivity contribution in [1.82, 2.24) is 15.5 Å². The van der Waals surface area contributed by atoms with Crippen molar-refractivity contribution in [3.05, 3.63) is 47.2 Å². The number of carbonyl (C=O) groups excluding carboxylic acids is 1. The largest absolute Gasteiger partial charge is 0.495 e. The highest BCUT2D eigenvalue weighted by atomic mass is 16.6. The molecule has 0 atom stereocenters. The molecule has 0 fully saturated rings. The van der Waals surface area contributed by atoms with E-state index < -0.39 is 0 Å². The monoisotopic (exact) mass is 390 g/mol. The lowest BCUT2D eigenvalue weighted by Gasteiger charge is -2.18. The summed E-state index contributed by atoms with van der Waals surface area (Å²) < 4.78 is 16.7. The zero-order valence-corrected chi connectivity index (χ0v) is 15.7. The highest BCUT2D eigenvalue weighted by Gasteiger charge is 2.18. The van der Waals surface area contributed by atoms with Gasteiger partial charge in [0.05, 0.1) is 35.3 Å². The second-order valence-electron chi connectivity index (χ2n) is 6.25. The van der Waals surface area contributed by atoms with Gasteiger partial charge in [0.25, 0.3) is 5.91 Å². The van der Waals surface area contributed by atoms with E-state index in [1.807, 2.05) is 36.4 Å². The number of hydrogen-bond donors (Lipinski definition) is 2. The summed E-state index contributed by atoms with van der Waals surface area (Å²) in [5, 5.41) is 19.2. The van der Waals surface area contributed by atoms with E-state index in [4.69, 9.17) is 19.5 Å². The van der Waals surface area contributed by atoms with Crippen molar-refractivity contribution in [3.63, 3.8) is 0 Å². The summed E-state index contributed by atoms with van der Waals surface area (Å²) in [7, 11) is 1.50. The predicted molar refractivity (Wildman–Crippen MR) is 107 cm³/mol. The van der Waals surface area contributed by atoms with Gasteiger partial charge in [-0.05, 0) is 35.9 Å². The molecule has 8 nitrogen and oxygen atoms in total. The van der Waals surface area contributed by atoms with Crippen molar-refractivity contribution in [2.75, 3.05) is 26.9 Å². The number of hydrogen-bond acceptors (Lipinski definition) is 6. The Kier molecular flexibility index (Phi) is 5.03. The fourth-order valence-corrected chi connectivity index (χ4v) is 3.17. The number of carbonyl (C=O) groups is 1. The molecule has 1 aliphatic rings. The second-order valence-corrected chi connectivity index (χ2v) is 6.25. The number of rotatable bonds is 5. The molecule has 3 aromatic rings. The first-order chi connectivity index (χ1) is 14.2. The molecule has 0 spiro atoms. The summed E-state index contributed by atoms with van der Waals surface area (Å²) in [6.45, 7) is 0.992. The number of aromatic amines is 1. The van der Waals surface area contributed by atoms with Crippen LogP contribution in [0.15, 0.2) is 30.3 Å². The van der Waals surface area contributed by atoms with Crippen LogP contribution in [0.3, 0.4) is 0 Å². The zero-order valence-electron chi connectivity index (χ0n) is 15.7. The fraction of sp³-hybridized carbons (Fsp3) is 0.190. The molecule has 1 aliphatic heterocycles. The van der Waals surface area contributed by atoms with Crippen LogP contribution in [0.1, 0.15) is 21.6 Å². The van der Waals surface area contributed by atoms with E-state index >= 15 is 0 Å². The number of nitrogens with zero attached hydrogens (tertiary/aromatic N) is 2. The third-order valence-corrected chi connectivity index (χ3v) is 4.49. The molecule has 0 aliphatic carbocycles. The van der Waals surface area contributed by atoms with Crippen LogP contribution in [-0.4, -0.2) is 43.0 Å². The maximum absolute atomic E-state index is 12.4. The van der Waals surface area contributed by atoms with Crippen LogP contribution in [-0.2, 0) is 0 Å². The molecule has 4 rings (SSSR count). The lowest BCUT2D eigenvalue weighted by Crippen LogP contribution is -2.24. The van der Waals surface area contributed by atoms with E-state index in [1.165, 1.54) is 7.11 Å². The number of nitrogens with one attached hydrogen (secondary N) is 2. The highest BCUT2D eigenvalue weighted by molar-refractivity contribution is 6.05. The number of benzene rings is 2. The standard InChI is InChI=1S/C21H18N4O4/c1-27-20-14(21(26)23-9-8-22)4-6-16-19(20)15(24-25-16)5-2-13-3-7-17-18(12-13)29-11-10-28-17/h2-7,12H,9-11H2,1H3,(H,23,26)(H,24,25)/b5-2+. The maximum Gasteiger partial charge on any atom is 0.255 e. The summed E-state index contributed by atoms with van der Waals surface area (Å²) in [6, 6.07) is 11.0. The van der Waals surface area contributed by atoms with E-state index in [0.29, 0.717) is 41.4 Å². The molecule has 8 heteroatoms. The van der Waals surface area contributed by atoms with Crippen LogP contribution in [0.2, 0.25) is 0 Å². The molecule has 1 amide bonds. The van der Waals surface area contributed by atoms with Gasteiger partial charge in [0.15, 0.2) is 11.5 Å². The molecule has 146 valence electrons. The zero-order chi connectivity index (χ0) is 20.2. The molecule has 2 N–H and O–H groups in total. The van der Waals surface area contributed by atoms with Gasteiger partial charge in [0, 0.05) is 0 Å². The van der Waals surface area contributed by atoms with Crippen LogP contribution in [0.5, 0.6) is 17.2 Å². The molecule has 0 saturated carbocycles. The Morgan fingerprint density at radius 1 is 1.28 bits per heavy atom. The van der Waals surface area contributed by atoms with Gasteiger partial charge in [0.2, 0.25) is 0 Å². The number of fused-ring (bicyclic) bond motifs is 2. The fourth-order valence-electron chi connectivity index (χ4n) is 3.17. The second kappa shape index (κ2) is 7.94. The Bertz CT molecular complexity index is 1140. The van der Waals surface area contributed by atoms with Crippen molar-refractivity contribution in [1.29, 1.82) is 5.26 Å². The molecule has 0 bridgehead atoms. The van der Waals surface area contributed by atoms with E-state index in [2.05, 4.69) is 15.5 Å². The Labute approximate surface area is 166 Å². The molecule has 2 heterocycles. The topological polar surface area (TPSA) is 109 Å². The van der Waals surface area contributed by atoms with Gasteiger partial charge < -0.3 is 19.5 Å². The Morgan fingerprint density at radius 3 is 2.90 bits per heavy atom. The minimum atomic E-state index is -0.381. The smallest absolute Gasteiger partial charge is 0.255 e. The van der Waals surface area contributed by atoms with E-state index in [9.17, 15) is 4.79 Å². The summed E-state index contributed by atoms with van der Waals surface area (Å²) >= 11 is 0. The SMILES string of the molecule is COc1c(C(=O)NCC#N)ccc2[nH]nc(/C=C/c3ccc4c(c3)OCCO4)c12. The van der Waals surface area contributed by atoms with Crippen molar-refractivity contribution < 1.29 is 19.0 Å². The number of ether oxygens (including phenoxy) is 3. The Hall–Kier alpha value is -3.99. The number of aromatic nitrogens is 2. The third kappa shape index (κ3) is 3.58. The highest BCUT2D eigenvalue weighted by Crippen LogP contribution is 2.34. The van der Waals surface area contributed by atoms with E-state index in [0.717, 1.165) is 16.8 Å². The minimum absolute atomic E-state index is 0.0811. The van der Waals surface area contributed by atoms with E-state index in [-0.39, 0.29) is 12.5 Å². The molecule has 29 heavy (non-hydrogen) atoms. The molecular weight excluding hydrogens is 372 g/mol. The lowest BCUT2D eigenvalue weighted by atomic mass is 10.1. The first-order valence-corrected chi connectivity index (χ1v) is 8.99. The molecule has 2 aromatic carbocycles. The third-order valence-electron chi connectivity index (χ3n) is 4.49. The average molecular weight is 390 g/mol. The molecule has 0 unspecified atom stereocenters. The predicted octanol–water partition coefficient (Wildman–Crippen LogP) is 2.77. The van der Waals surface area contributed by atoms with Gasteiger partial charge in [-0.3, -0.25) is 9.89 Å². The lowest BCUT2D eigenvalue weighted by molar-refractivity contribution is 0.0955. The van der Waals surface area contributed by atoms with Crippen molar-refractivity contribution in [2.24, 2.45) is 0 Å². The number of amides is 1. The van der Waals surface area contributed by atoms with Gasteiger partial charge in [-0.2, -0.15) is 10.4 Å². The van der Waals surface area contributed by atoms with Crippen LogP contribution in [0.4, 0.5) is 0 Å². The van der Waals surface area contributed by atoms with Crippen molar-refractivity contribution in [3.8, 4) is 23.3 Å². The number of methoxy groups -OCH3 is 1. The van der Waals surface area contributed by atoms with Crippen LogP contribution < -0.4 is 19.5 Å². The molecule has 0 radical (unpaired) electrons. The summed E-state index contributed by atoms with van der Waals surface area (Å²) in [5.74, 6) is 1.45. The number of nitriles is 1. The van der Waals surface area contributed by atoms with Gasteiger partial charge >= 0.3 is 0 Å². The average Bonchev–Trinajstić information content (AvgIpc) is 3.18. The normalized spacial score (nSPS) is 12.7. The molecular formula is C21H18N4O4. The van der Waals surface area contributed by atoms with Gasteiger partial charge in [0.1, 0.15) is 25.5 Å². The first kappa shape index (κ1) is 18.4. The summed E-state index contributed by atoms with van der Waals surface area (Å²) in [5.41, 5.74) is 2.63. The van der Waals surface area contributed by atoms with Crippen molar-refractivity contribution in [2.45, 2.75) is 0 Å². The minimum Gasteiger partial charge on any atom is -0.495 e. The van der Waals surface area contributed by atoms with Crippen LogP contribution in [0.25, 0.3) is 23.1 Å². The van der Waals surface area contributed by atoms with Crippen LogP contribution in [0, 0.1) is 11.3 Å². The molecule has 1 aromatic heterocycles. The van der Waals surface area contributed by atoms with Gasteiger partial charge in [-0.25, -0.2) is 0 Å². The number of H-pyrrole nitrogens is 1. The first-order valence-electron chi connectivity index (χ1n) is 8.99. The van der Waals surface area contributed by atoms with Gasteiger partial charge in [-0.15, -0.1) is 0 Å². The van der Waals surface area contributed by atoms with E-state index in [1.54, 1.807) is 12.1 Å². The van der Waals surface area contributed by atoms with Gasteiger partial charge in [-0.1, -0.05) is 12.1 Å². The van der Waals surface area contributed by atoms with Crippen LogP contribution >= 0.6 is 0 Å².